The van der Waals surface area contributed by atoms with E-state index in [2.05, 4.69) is 22.6 Å². The standard InChI is InChI=1S/C9H10INO2S/c1-14-6-7-3-2-4-9(11(12)13)8(7)5-10/h2-4H,5-6H2,1H3. The molecule has 0 atom stereocenters. The minimum absolute atomic E-state index is 0.242. The Bertz CT molecular complexity index is 344. The summed E-state index contributed by atoms with van der Waals surface area (Å²) in [6.45, 7) is 0. The van der Waals surface area contributed by atoms with E-state index in [4.69, 9.17) is 0 Å². The lowest BCUT2D eigenvalue weighted by atomic mass is 10.1. The molecule has 0 unspecified atom stereocenters. The van der Waals surface area contributed by atoms with Crippen LogP contribution >= 0.6 is 34.4 Å². The van der Waals surface area contributed by atoms with E-state index in [0.29, 0.717) is 4.43 Å². The van der Waals surface area contributed by atoms with Gasteiger partial charge in [-0.05, 0) is 11.8 Å². The highest BCUT2D eigenvalue weighted by Gasteiger charge is 2.15. The van der Waals surface area contributed by atoms with E-state index < -0.39 is 0 Å². The summed E-state index contributed by atoms with van der Waals surface area (Å²) in [6, 6.07) is 5.27. The van der Waals surface area contributed by atoms with E-state index in [1.165, 1.54) is 0 Å². The first-order chi connectivity index (χ1) is 6.70. The summed E-state index contributed by atoms with van der Waals surface area (Å²) in [6.07, 6.45) is 2.00. The molecule has 0 aliphatic carbocycles. The number of hydrogen-bond donors (Lipinski definition) is 0. The molecular formula is C9H10INO2S. The topological polar surface area (TPSA) is 43.1 Å². The van der Waals surface area contributed by atoms with Crippen LogP contribution in [0, 0.1) is 10.1 Å². The third-order valence-electron chi connectivity index (χ3n) is 1.88. The molecule has 1 aromatic carbocycles. The largest absolute Gasteiger partial charge is 0.273 e. The molecule has 3 nitrogen and oxygen atoms in total. The number of nitro benzene ring substituents is 1. The van der Waals surface area contributed by atoms with Gasteiger partial charge in [0, 0.05) is 21.8 Å². The van der Waals surface area contributed by atoms with Crippen LogP contribution < -0.4 is 0 Å². The molecule has 1 rings (SSSR count). The number of hydrogen-bond acceptors (Lipinski definition) is 3. The van der Waals surface area contributed by atoms with Crippen molar-refractivity contribution in [1.29, 1.82) is 0 Å². The maximum Gasteiger partial charge on any atom is 0.273 e. The number of nitro groups is 1. The summed E-state index contributed by atoms with van der Waals surface area (Å²) in [4.78, 5) is 10.4. The molecule has 0 aliphatic rings. The van der Waals surface area contributed by atoms with E-state index >= 15 is 0 Å². The summed E-state index contributed by atoms with van der Waals surface area (Å²) >= 11 is 3.84. The SMILES string of the molecule is CSCc1cccc([N+](=O)[O-])c1CI. The Morgan fingerprint density at radius 2 is 2.29 bits per heavy atom. The van der Waals surface area contributed by atoms with Crippen LogP contribution in [-0.2, 0) is 10.2 Å². The number of rotatable bonds is 4. The molecule has 0 fully saturated rings. The Labute approximate surface area is 101 Å². The monoisotopic (exact) mass is 323 g/mol. The smallest absolute Gasteiger partial charge is 0.258 e. The number of alkyl halides is 1. The van der Waals surface area contributed by atoms with Gasteiger partial charge in [-0.1, -0.05) is 34.7 Å². The quantitative estimate of drug-likeness (QED) is 0.369. The first kappa shape index (κ1) is 11.8. The van der Waals surface area contributed by atoms with Gasteiger partial charge in [0.25, 0.3) is 5.69 Å². The third kappa shape index (κ3) is 2.60. The molecule has 76 valence electrons. The highest BCUT2D eigenvalue weighted by molar-refractivity contribution is 14.1. The highest BCUT2D eigenvalue weighted by Crippen LogP contribution is 2.26. The maximum atomic E-state index is 10.7. The molecule has 0 aromatic heterocycles. The molecule has 0 amide bonds. The molecule has 5 heteroatoms. The van der Waals surface area contributed by atoms with Crippen molar-refractivity contribution in [2.45, 2.75) is 10.2 Å². The van der Waals surface area contributed by atoms with Crippen LogP contribution in [0.5, 0.6) is 0 Å². The fraction of sp³-hybridized carbons (Fsp3) is 0.333. The predicted molar refractivity (Wildman–Crippen MR) is 68.0 cm³/mol. The lowest BCUT2D eigenvalue weighted by Crippen LogP contribution is -1.97. The fourth-order valence-electron chi connectivity index (χ4n) is 1.24. The first-order valence-corrected chi connectivity index (χ1v) is 6.92. The fourth-order valence-corrected chi connectivity index (χ4v) is 2.70. The lowest BCUT2D eigenvalue weighted by molar-refractivity contribution is -0.385. The molecule has 0 aliphatic heterocycles. The summed E-state index contributed by atoms with van der Waals surface area (Å²) in [5.41, 5.74) is 2.17. The number of nitrogens with zero attached hydrogens (tertiary/aromatic N) is 1. The predicted octanol–water partition coefficient (Wildman–Crippen LogP) is 3.39. The van der Waals surface area contributed by atoms with Crippen molar-refractivity contribution in [1.82, 2.24) is 0 Å². The highest BCUT2D eigenvalue weighted by atomic mass is 127. The lowest BCUT2D eigenvalue weighted by Gasteiger charge is -2.05. The van der Waals surface area contributed by atoms with Crippen molar-refractivity contribution >= 4 is 40.0 Å². The zero-order chi connectivity index (χ0) is 10.6. The average molecular weight is 323 g/mol. The van der Waals surface area contributed by atoms with Gasteiger partial charge in [-0.2, -0.15) is 11.8 Å². The van der Waals surface area contributed by atoms with Gasteiger partial charge in [0.15, 0.2) is 0 Å². The van der Waals surface area contributed by atoms with Gasteiger partial charge >= 0.3 is 0 Å². The zero-order valence-corrected chi connectivity index (χ0v) is 10.7. The van der Waals surface area contributed by atoms with Gasteiger partial charge in [0.2, 0.25) is 0 Å². The van der Waals surface area contributed by atoms with Crippen LogP contribution in [-0.4, -0.2) is 11.2 Å². The molecule has 1 aromatic rings. The average Bonchev–Trinajstić information content (AvgIpc) is 2.18. The number of halogens is 1. The van der Waals surface area contributed by atoms with Crippen molar-refractivity contribution < 1.29 is 4.92 Å². The molecule has 0 radical (unpaired) electrons. The minimum atomic E-state index is -0.308. The van der Waals surface area contributed by atoms with Crippen molar-refractivity contribution in [3.63, 3.8) is 0 Å². The van der Waals surface area contributed by atoms with E-state index in [1.807, 2.05) is 12.3 Å². The first-order valence-electron chi connectivity index (χ1n) is 4.00. The second-order valence-electron chi connectivity index (χ2n) is 2.74. The molecule has 0 saturated carbocycles. The molecule has 0 spiro atoms. The van der Waals surface area contributed by atoms with Gasteiger partial charge in [-0.3, -0.25) is 10.1 Å². The summed E-state index contributed by atoms with van der Waals surface area (Å²) in [7, 11) is 0. The summed E-state index contributed by atoms with van der Waals surface area (Å²) < 4.78 is 0.685. The van der Waals surface area contributed by atoms with Crippen LogP contribution in [0.25, 0.3) is 0 Å². The minimum Gasteiger partial charge on any atom is -0.258 e. The number of thioether (sulfide) groups is 1. The van der Waals surface area contributed by atoms with Crippen molar-refractivity contribution in [3.8, 4) is 0 Å². The molecule has 0 N–H and O–H groups in total. The molecular weight excluding hydrogens is 313 g/mol. The maximum absolute atomic E-state index is 10.7. The Morgan fingerprint density at radius 3 is 2.79 bits per heavy atom. The summed E-state index contributed by atoms with van der Waals surface area (Å²) in [5, 5.41) is 10.7. The van der Waals surface area contributed by atoms with Crippen LogP contribution in [0.15, 0.2) is 18.2 Å². The van der Waals surface area contributed by atoms with Gasteiger partial charge in [-0.15, -0.1) is 0 Å². The van der Waals surface area contributed by atoms with Crippen LogP contribution in [0.2, 0.25) is 0 Å². The Morgan fingerprint density at radius 1 is 1.57 bits per heavy atom. The van der Waals surface area contributed by atoms with Crippen LogP contribution in [0.4, 0.5) is 5.69 Å². The summed E-state index contributed by atoms with van der Waals surface area (Å²) in [5.74, 6) is 0.833. The van der Waals surface area contributed by atoms with E-state index in [9.17, 15) is 10.1 Å². The second-order valence-corrected chi connectivity index (χ2v) is 4.37. The van der Waals surface area contributed by atoms with E-state index in [0.717, 1.165) is 16.9 Å². The molecule has 0 heterocycles. The van der Waals surface area contributed by atoms with Gasteiger partial charge < -0.3 is 0 Å². The van der Waals surface area contributed by atoms with Crippen LogP contribution in [0.3, 0.4) is 0 Å². The zero-order valence-electron chi connectivity index (χ0n) is 7.70. The van der Waals surface area contributed by atoms with Crippen molar-refractivity contribution in [2.24, 2.45) is 0 Å². The Kier molecular flexibility index (Phi) is 4.67. The van der Waals surface area contributed by atoms with Crippen LogP contribution in [0.1, 0.15) is 11.1 Å². The molecule has 14 heavy (non-hydrogen) atoms. The molecule has 0 saturated heterocycles. The number of benzene rings is 1. The van der Waals surface area contributed by atoms with Gasteiger partial charge in [0.1, 0.15) is 0 Å². The normalized spacial score (nSPS) is 10.1. The molecule has 0 bridgehead atoms. The Hall–Kier alpha value is -0.300. The van der Waals surface area contributed by atoms with Crippen molar-refractivity contribution in [3.05, 3.63) is 39.4 Å². The van der Waals surface area contributed by atoms with E-state index in [-0.39, 0.29) is 10.6 Å². The van der Waals surface area contributed by atoms with Gasteiger partial charge in [0.05, 0.1) is 4.92 Å². The Balaban J connectivity index is 3.17. The second kappa shape index (κ2) is 5.55. The van der Waals surface area contributed by atoms with Crippen molar-refractivity contribution in [2.75, 3.05) is 6.26 Å². The third-order valence-corrected chi connectivity index (χ3v) is 3.24. The van der Waals surface area contributed by atoms with Gasteiger partial charge in [-0.25, -0.2) is 0 Å². The van der Waals surface area contributed by atoms with E-state index in [1.54, 1.807) is 23.9 Å².